The van der Waals surface area contributed by atoms with Gasteiger partial charge in [-0.25, -0.2) is 0 Å². The summed E-state index contributed by atoms with van der Waals surface area (Å²) < 4.78 is 5.36. The monoisotopic (exact) mass is 172 g/mol. The first kappa shape index (κ1) is 9.96. The molecule has 0 amide bonds. The maximum Gasteiger partial charge on any atom is 0.0634 e. The van der Waals surface area contributed by atoms with Gasteiger partial charge in [0.2, 0.25) is 0 Å². The second kappa shape index (κ2) is 4.80. The highest BCUT2D eigenvalue weighted by molar-refractivity contribution is 4.76. The summed E-state index contributed by atoms with van der Waals surface area (Å²) in [6.45, 7) is 9.05. The van der Waals surface area contributed by atoms with Crippen molar-refractivity contribution in [3.8, 4) is 0 Å². The number of hydrogen-bond acceptors (Lipinski definition) is 3. The van der Waals surface area contributed by atoms with Crippen molar-refractivity contribution in [2.45, 2.75) is 19.9 Å². The fourth-order valence-electron chi connectivity index (χ4n) is 1.62. The van der Waals surface area contributed by atoms with Crippen molar-refractivity contribution in [2.24, 2.45) is 11.7 Å². The minimum absolute atomic E-state index is 0.446. The number of nitrogens with zero attached hydrogens (tertiary/aromatic N) is 1. The standard InChI is InChI=1S/C9H20N2O/c1-8(2)6-11-3-4-12-7-9(11)5-10/h8-9H,3-7,10H2,1-2H3/t9-/m1/s1. The quantitative estimate of drug-likeness (QED) is 0.665. The Hall–Kier alpha value is -0.120. The molecular weight excluding hydrogens is 152 g/mol. The van der Waals surface area contributed by atoms with E-state index in [1.165, 1.54) is 0 Å². The minimum atomic E-state index is 0.446. The van der Waals surface area contributed by atoms with Gasteiger partial charge in [0.15, 0.2) is 0 Å². The predicted octanol–water partition coefficient (Wildman–Crippen LogP) is 0.302. The molecule has 0 saturated carbocycles. The van der Waals surface area contributed by atoms with Crippen molar-refractivity contribution in [2.75, 3.05) is 32.8 Å². The Bertz CT molecular complexity index is 128. The van der Waals surface area contributed by atoms with Gasteiger partial charge in [-0.15, -0.1) is 0 Å². The zero-order chi connectivity index (χ0) is 8.97. The van der Waals surface area contributed by atoms with Gasteiger partial charge in [0.25, 0.3) is 0 Å². The van der Waals surface area contributed by atoms with E-state index in [1.807, 2.05) is 0 Å². The van der Waals surface area contributed by atoms with Crippen LogP contribution in [0.25, 0.3) is 0 Å². The largest absolute Gasteiger partial charge is 0.378 e. The molecule has 0 aromatic carbocycles. The van der Waals surface area contributed by atoms with Crippen LogP contribution in [0, 0.1) is 5.92 Å². The van der Waals surface area contributed by atoms with Crippen molar-refractivity contribution in [3.63, 3.8) is 0 Å². The summed E-state index contributed by atoms with van der Waals surface area (Å²) >= 11 is 0. The van der Waals surface area contributed by atoms with Gasteiger partial charge in [0, 0.05) is 25.7 Å². The lowest BCUT2D eigenvalue weighted by atomic mass is 10.1. The minimum Gasteiger partial charge on any atom is -0.378 e. The van der Waals surface area contributed by atoms with Crippen molar-refractivity contribution in [1.82, 2.24) is 4.90 Å². The van der Waals surface area contributed by atoms with E-state index in [2.05, 4.69) is 18.7 Å². The van der Waals surface area contributed by atoms with E-state index in [0.717, 1.165) is 32.2 Å². The maximum absolute atomic E-state index is 5.65. The van der Waals surface area contributed by atoms with Crippen LogP contribution in [-0.2, 0) is 4.74 Å². The molecule has 1 aliphatic heterocycles. The summed E-state index contributed by atoms with van der Waals surface area (Å²) in [5.41, 5.74) is 5.65. The van der Waals surface area contributed by atoms with E-state index < -0.39 is 0 Å². The highest BCUT2D eigenvalue weighted by Crippen LogP contribution is 2.08. The molecule has 0 aromatic heterocycles. The Balaban J connectivity index is 2.36. The van der Waals surface area contributed by atoms with E-state index in [9.17, 15) is 0 Å². The van der Waals surface area contributed by atoms with Crippen LogP contribution in [-0.4, -0.2) is 43.8 Å². The van der Waals surface area contributed by atoms with Gasteiger partial charge in [0.05, 0.1) is 13.2 Å². The summed E-state index contributed by atoms with van der Waals surface area (Å²) in [6.07, 6.45) is 0. The summed E-state index contributed by atoms with van der Waals surface area (Å²) in [7, 11) is 0. The average molecular weight is 172 g/mol. The molecule has 2 N–H and O–H groups in total. The lowest BCUT2D eigenvalue weighted by molar-refractivity contribution is -0.00867. The van der Waals surface area contributed by atoms with E-state index in [1.54, 1.807) is 0 Å². The van der Waals surface area contributed by atoms with Crippen LogP contribution in [0.15, 0.2) is 0 Å². The Labute approximate surface area is 74.9 Å². The molecule has 1 atom stereocenters. The average Bonchev–Trinajstić information content (AvgIpc) is 2.04. The SMILES string of the molecule is CC(C)CN1CCOC[C@H]1CN. The molecule has 0 spiro atoms. The molecule has 1 saturated heterocycles. The van der Waals surface area contributed by atoms with Gasteiger partial charge in [0.1, 0.15) is 0 Å². The Kier molecular flexibility index (Phi) is 3.98. The van der Waals surface area contributed by atoms with E-state index in [-0.39, 0.29) is 0 Å². The molecule has 0 aliphatic carbocycles. The first-order valence-corrected chi connectivity index (χ1v) is 4.76. The molecule has 0 unspecified atom stereocenters. The van der Waals surface area contributed by atoms with Crippen LogP contribution < -0.4 is 5.73 Å². The van der Waals surface area contributed by atoms with Crippen LogP contribution >= 0.6 is 0 Å². The van der Waals surface area contributed by atoms with Gasteiger partial charge in [-0.2, -0.15) is 0 Å². The lowest BCUT2D eigenvalue weighted by Crippen LogP contribution is -2.50. The number of hydrogen-bond donors (Lipinski definition) is 1. The first-order chi connectivity index (χ1) is 5.74. The molecule has 1 aliphatic rings. The molecule has 0 bridgehead atoms. The van der Waals surface area contributed by atoms with Gasteiger partial charge >= 0.3 is 0 Å². The van der Waals surface area contributed by atoms with Crippen molar-refractivity contribution < 1.29 is 4.74 Å². The topological polar surface area (TPSA) is 38.5 Å². The third-order valence-corrected chi connectivity index (χ3v) is 2.22. The van der Waals surface area contributed by atoms with E-state index in [0.29, 0.717) is 12.6 Å². The summed E-state index contributed by atoms with van der Waals surface area (Å²) in [5, 5.41) is 0. The van der Waals surface area contributed by atoms with Gasteiger partial charge in [-0.1, -0.05) is 13.8 Å². The molecule has 0 aromatic rings. The summed E-state index contributed by atoms with van der Waals surface area (Å²) in [5.74, 6) is 0.720. The third-order valence-electron chi connectivity index (χ3n) is 2.22. The van der Waals surface area contributed by atoms with Crippen molar-refractivity contribution in [3.05, 3.63) is 0 Å². The number of rotatable bonds is 3. The van der Waals surface area contributed by atoms with Crippen LogP contribution in [0.1, 0.15) is 13.8 Å². The fraction of sp³-hybridized carbons (Fsp3) is 1.00. The smallest absolute Gasteiger partial charge is 0.0634 e. The molecule has 3 nitrogen and oxygen atoms in total. The van der Waals surface area contributed by atoms with Crippen LogP contribution in [0.3, 0.4) is 0 Å². The second-order valence-corrected chi connectivity index (χ2v) is 3.85. The zero-order valence-electron chi connectivity index (χ0n) is 8.12. The lowest BCUT2D eigenvalue weighted by Gasteiger charge is -2.35. The first-order valence-electron chi connectivity index (χ1n) is 4.76. The Morgan fingerprint density at radius 2 is 2.33 bits per heavy atom. The van der Waals surface area contributed by atoms with E-state index in [4.69, 9.17) is 10.5 Å². The van der Waals surface area contributed by atoms with Crippen molar-refractivity contribution >= 4 is 0 Å². The highest BCUT2D eigenvalue weighted by atomic mass is 16.5. The molecule has 1 heterocycles. The number of morpholine rings is 1. The summed E-state index contributed by atoms with van der Waals surface area (Å²) in [6, 6.07) is 0.446. The van der Waals surface area contributed by atoms with Crippen LogP contribution in [0.5, 0.6) is 0 Å². The highest BCUT2D eigenvalue weighted by Gasteiger charge is 2.21. The molecule has 1 fully saturated rings. The molecular formula is C9H20N2O. The third kappa shape index (κ3) is 2.73. The van der Waals surface area contributed by atoms with Crippen LogP contribution in [0.2, 0.25) is 0 Å². The Morgan fingerprint density at radius 3 is 2.92 bits per heavy atom. The predicted molar refractivity (Wildman–Crippen MR) is 50.1 cm³/mol. The Morgan fingerprint density at radius 1 is 1.58 bits per heavy atom. The van der Waals surface area contributed by atoms with Gasteiger partial charge in [-0.3, -0.25) is 4.90 Å². The molecule has 3 heteroatoms. The number of ether oxygens (including phenoxy) is 1. The van der Waals surface area contributed by atoms with Gasteiger partial charge in [-0.05, 0) is 5.92 Å². The molecule has 72 valence electrons. The molecule has 12 heavy (non-hydrogen) atoms. The summed E-state index contributed by atoms with van der Waals surface area (Å²) in [4.78, 5) is 2.44. The number of nitrogens with two attached hydrogens (primary N) is 1. The second-order valence-electron chi connectivity index (χ2n) is 3.85. The normalized spacial score (nSPS) is 26.5. The fourth-order valence-corrected chi connectivity index (χ4v) is 1.62. The maximum atomic E-state index is 5.65. The van der Waals surface area contributed by atoms with E-state index >= 15 is 0 Å². The van der Waals surface area contributed by atoms with Crippen molar-refractivity contribution in [1.29, 1.82) is 0 Å². The molecule has 1 rings (SSSR count). The molecule has 0 radical (unpaired) electrons. The zero-order valence-corrected chi connectivity index (χ0v) is 8.12. The van der Waals surface area contributed by atoms with Crippen LogP contribution in [0.4, 0.5) is 0 Å². The van der Waals surface area contributed by atoms with Gasteiger partial charge < -0.3 is 10.5 Å².